The molecule has 2 atom stereocenters. The van der Waals surface area contributed by atoms with Crippen LogP contribution in [0.1, 0.15) is 34.1 Å². The predicted octanol–water partition coefficient (Wildman–Crippen LogP) is 2.93. The van der Waals surface area contributed by atoms with Gasteiger partial charge in [0.05, 0.1) is 0 Å². The third-order valence-corrected chi connectivity index (χ3v) is 5.64. The fourth-order valence-electron chi connectivity index (χ4n) is 1.11. The van der Waals surface area contributed by atoms with Gasteiger partial charge in [0.1, 0.15) is 0 Å². The summed E-state index contributed by atoms with van der Waals surface area (Å²) in [6.45, 7) is 10.9. The van der Waals surface area contributed by atoms with Crippen molar-refractivity contribution in [1.29, 1.82) is 0 Å². The van der Waals surface area contributed by atoms with Gasteiger partial charge in [-0.1, -0.05) is 45.9 Å². The lowest BCUT2D eigenvalue weighted by Gasteiger charge is -2.20. The molecular weight excluding hydrogens is 198 g/mol. The smallest absolute Gasteiger partial charge is 0.237 e. The third-order valence-electron chi connectivity index (χ3n) is 2.40. The van der Waals surface area contributed by atoms with Crippen LogP contribution in [-0.4, -0.2) is 25.9 Å². The van der Waals surface area contributed by atoms with E-state index in [0.29, 0.717) is 5.92 Å². The number of rotatable bonds is 6. The lowest BCUT2D eigenvalue weighted by atomic mass is 10.1. The Morgan fingerprint density at radius 3 is 2.23 bits per heavy atom. The maximum Gasteiger partial charge on any atom is 0.237 e. The van der Waals surface area contributed by atoms with Gasteiger partial charge in [-0.05, 0) is 19.0 Å². The normalized spacial score (nSPS) is 16.8. The molecule has 0 amide bonds. The second-order valence-corrected chi connectivity index (χ2v) is 6.57. The zero-order valence-corrected chi connectivity index (χ0v) is 11.2. The Hall–Kier alpha value is 0.207. The highest BCUT2D eigenvalue weighted by molar-refractivity contribution is 7.08. The van der Waals surface area contributed by atoms with Crippen molar-refractivity contribution in [3.8, 4) is 0 Å². The standard InChI is InChI=1S/C10H22ClNSi/c1-5-10(4)8-9-13(11)12(6-2)7-3/h8-10,13H,5-7H2,1-4H3. The lowest BCUT2D eigenvalue weighted by Crippen LogP contribution is -2.33. The van der Waals surface area contributed by atoms with Crippen LogP contribution in [0.15, 0.2) is 11.8 Å². The van der Waals surface area contributed by atoms with Gasteiger partial charge in [-0.15, -0.1) is 11.1 Å². The Bertz CT molecular complexity index is 146. The van der Waals surface area contributed by atoms with Crippen molar-refractivity contribution >= 4 is 19.3 Å². The van der Waals surface area contributed by atoms with Crippen molar-refractivity contribution in [2.45, 2.75) is 34.1 Å². The number of halogens is 1. The van der Waals surface area contributed by atoms with Crippen molar-refractivity contribution in [2.75, 3.05) is 13.1 Å². The maximum atomic E-state index is 6.33. The molecule has 1 nitrogen and oxygen atoms in total. The van der Waals surface area contributed by atoms with E-state index in [4.69, 9.17) is 11.1 Å². The Balaban J connectivity index is 3.95. The average molecular weight is 220 g/mol. The molecule has 0 N–H and O–H groups in total. The molecule has 0 aromatic carbocycles. The molecule has 0 heterocycles. The zero-order valence-electron chi connectivity index (χ0n) is 9.26. The summed E-state index contributed by atoms with van der Waals surface area (Å²) in [5.41, 5.74) is 2.24. The lowest BCUT2D eigenvalue weighted by molar-refractivity contribution is 0.493. The molecule has 0 fully saturated rings. The Labute approximate surface area is 89.2 Å². The Kier molecular flexibility index (Phi) is 7.72. The predicted molar refractivity (Wildman–Crippen MR) is 64.5 cm³/mol. The molecule has 0 aliphatic heterocycles. The zero-order chi connectivity index (χ0) is 10.3. The highest BCUT2D eigenvalue weighted by Gasteiger charge is 2.10. The molecular formula is C10H22ClNSi. The van der Waals surface area contributed by atoms with Crippen LogP contribution in [0.5, 0.6) is 0 Å². The van der Waals surface area contributed by atoms with Gasteiger partial charge in [-0.3, -0.25) is 0 Å². The highest BCUT2D eigenvalue weighted by Crippen LogP contribution is 2.06. The van der Waals surface area contributed by atoms with E-state index in [9.17, 15) is 0 Å². The molecule has 0 saturated heterocycles. The molecule has 0 aromatic rings. The van der Waals surface area contributed by atoms with Crippen molar-refractivity contribution in [1.82, 2.24) is 4.57 Å². The number of hydrogen-bond acceptors (Lipinski definition) is 1. The Morgan fingerprint density at radius 1 is 1.31 bits per heavy atom. The van der Waals surface area contributed by atoms with Gasteiger partial charge in [0.25, 0.3) is 0 Å². The van der Waals surface area contributed by atoms with Gasteiger partial charge in [-0.2, -0.15) is 0 Å². The number of hydrogen-bond donors (Lipinski definition) is 0. The average Bonchev–Trinajstić information content (AvgIpc) is 2.16. The van der Waals surface area contributed by atoms with Crippen LogP contribution >= 0.6 is 11.1 Å². The van der Waals surface area contributed by atoms with E-state index in [-0.39, 0.29) is 0 Å². The van der Waals surface area contributed by atoms with Gasteiger partial charge in [0.2, 0.25) is 8.27 Å². The molecule has 13 heavy (non-hydrogen) atoms. The largest absolute Gasteiger partial charge is 0.312 e. The minimum Gasteiger partial charge on any atom is -0.312 e. The summed E-state index contributed by atoms with van der Waals surface area (Å²) in [5.74, 6) is 0.671. The van der Waals surface area contributed by atoms with E-state index in [1.807, 2.05) is 0 Å². The molecule has 0 aliphatic rings. The van der Waals surface area contributed by atoms with Gasteiger partial charge < -0.3 is 4.57 Å². The van der Waals surface area contributed by atoms with Crippen molar-refractivity contribution in [2.24, 2.45) is 5.92 Å². The molecule has 3 heteroatoms. The summed E-state index contributed by atoms with van der Waals surface area (Å²) in [5, 5.41) is 0. The summed E-state index contributed by atoms with van der Waals surface area (Å²) in [6.07, 6.45) is 3.47. The molecule has 0 rings (SSSR count). The summed E-state index contributed by atoms with van der Waals surface area (Å²) in [4.78, 5) is 0. The molecule has 78 valence electrons. The van der Waals surface area contributed by atoms with E-state index in [2.05, 4.69) is 44.0 Å². The van der Waals surface area contributed by atoms with Crippen molar-refractivity contribution in [3.05, 3.63) is 11.8 Å². The summed E-state index contributed by atoms with van der Waals surface area (Å²) >= 11 is 6.33. The van der Waals surface area contributed by atoms with E-state index in [1.54, 1.807) is 0 Å². The van der Waals surface area contributed by atoms with E-state index in [0.717, 1.165) is 13.1 Å². The number of allylic oxidation sites excluding steroid dienone is 1. The Morgan fingerprint density at radius 2 is 1.85 bits per heavy atom. The topological polar surface area (TPSA) is 3.24 Å². The van der Waals surface area contributed by atoms with Crippen molar-refractivity contribution < 1.29 is 0 Å². The summed E-state index contributed by atoms with van der Waals surface area (Å²) in [6, 6.07) is 0. The van der Waals surface area contributed by atoms with Crippen LogP contribution in [0.4, 0.5) is 0 Å². The van der Waals surface area contributed by atoms with E-state index in [1.165, 1.54) is 6.42 Å². The van der Waals surface area contributed by atoms with Crippen molar-refractivity contribution in [3.63, 3.8) is 0 Å². The first-order valence-corrected chi connectivity index (χ1v) is 8.14. The third kappa shape index (κ3) is 5.50. The maximum absolute atomic E-state index is 6.33. The van der Waals surface area contributed by atoms with Gasteiger partial charge >= 0.3 is 0 Å². The molecule has 0 aromatic heterocycles. The molecule has 0 radical (unpaired) electrons. The minimum atomic E-state index is -1.26. The summed E-state index contributed by atoms with van der Waals surface area (Å²) < 4.78 is 2.36. The van der Waals surface area contributed by atoms with Crippen LogP contribution in [0.25, 0.3) is 0 Å². The monoisotopic (exact) mass is 219 g/mol. The second kappa shape index (κ2) is 7.60. The van der Waals surface area contributed by atoms with Crippen LogP contribution in [0, 0.1) is 5.92 Å². The first-order chi connectivity index (χ1) is 6.15. The quantitative estimate of drug-likeness (QED) is 0.491. The fraction of sp³-hybridized carbons (Fsp3) is 0.800. The van der Waals surface area contributed by atoms with Crippen LogP contribution in [0.2, 0.25) is 0 Å². The highest BCUT2D eigenvalue weighted by atomic mass is 35.6. The van der Waals surface area contributed by atoms with Gasteiger partial charge in [-0.25, -0.2) is 0 Å². The minimum absolute atomic E-state index is 0.671. The van der Waals surface area contributed by atoms with E-state index < -0.39 is 8.27 Å². The fourth-order valence-corrected chi connectivity index (χ4v) is 3.70. The molecule has 0 saturated carbocycles. The second-order valence-electron chi connectivity index (χ2n) is 3.36. The van der Waals surface area contributed by atoms with Gasteiger partial charge in [0.15, 0.2) is 0 Å². The summed E-state index contributed by atoms with van der Waals surface area (Å²) in [7, 11) is -1.26. The van der Waals surface area contributed by atoms with Crippen LogP contribution in [0.3, 0.4) is 0 Å². The van der Waals surface area contributed by atoms with E-state index >= 15 is 0 Å². The molecule has 2 unspecified atom stereocenters. The van der Waals surface area contributed by atoms with Gasteiger partial charge in [0, 0.05) is 0 Å². The van der Waals surface area contributed by atoms with Crippen LogP contribution in [-0.2, 0) is 0 Å². The molecule has 0 bridgehead atoms. The molecule has 0 spiro atoms. The number of nitrogens with zero attached hydrogens (tertiary/aromatic N) is 1. The first-order valence-electron chi connectivity index (χ1n) is 5.22. The van der Waals surface area contributed by atoms with Crippen LogP contribution < -0.4 is 0 Å². The molecule has 0 aliphatic carbocycles. The first kappa shape index (κ1) is 13.2. The SMILES string of the molecule is CCC(C)C=C[SiH](Cl)N(CC)CC.